The van der Waals surface area contributed by atoms with Crippen molar-refractivity contribution in [1.29, 1.82) is 0 Å². The summed E-state index contributed by atoms with van der Waals surface area (Å²) in [6, 6.07) is 2.93. The molecule has 4 aliphatic rings. The van der Waals surface area contributed by atoms with E-state index >= 15 is 0 Å². The maximum absolute atomic E-state index is 12.9. The van der Waals surface area contributed by atoms with Crippen molar-refractivity contribution in [1.82, 2.24) is 0 Å². The van der Waals surface area contributed by atoms with Crippen molar-refractivity contribution in [2.75, 3.05) is 0 Å². The molecule has 1 aliphatic carbocycles. The number of esters is 4. The van der Waals surface area contributed by atoms with Gasteiger partial charge in [0, 0.05) is 21.6 Å². The van der Waals surface area contributed by atoms with Crippen LogP contribution in [0.15, 0.2) is 17.0 Å². The van der Waals surface area contributed by atoms with E-state index in [0.29, 0.717) is 16.9 Å². The molecule has 25 heavy (non-hydrogen) atoms. The number of carbonyl (C=O) groups is 5. The van der Waals surface area contributed by atoms with Gasteiger partial charge in [0.25, 0.3) is 0 Å². The second kappa shape index (κ2) is 4.78. The quantitative estimate of drug-likeness (QED) is 0.506. The SMILES string of the molecule is O=C1OC(=O)c2cc3c(cc21)SC1CC2C(=O)OC(=O)C2CC1C3=O. The average Bonchev–Trinajstić information content (AvgIpc) is 3.01. The van der Waals surface area contributed by atoms with Gasteiger partial charge in [-0.1, -0.05) is 0 Å². The van der Waals surface area contributed by atoms with Crippen LogP contribution in [0.1, 0.15) is 43.9 Å². The largest absolute Gasteiger partial charge is 0.393 e. The fourth-order valence-electron chi connectivity index (χ4n) is 4.11. The molecule has 126 valence electrons. The van der Waals surface area contributed by atoms with Gasteiger partial charge in [-0.25, -0.2) is 9.59 Å². The summed E-state index contributed by atoms with van der Waals surface area (Å²) < 4.78 is 9.30. The van der Waals surface area contributed by atoms with Crippen LogP contribution in [0.2, 0.25) is 0 Å². The number of fused-ring (bicyclic) bond motifs is 4. The molecule has 7 nitrogen and oxygen atoms in total. The van der Waals surface area contributed by atoms with E-state index in [0.717, 1.165) is 0 Å². The van der Waals surface area contributed by atoms with E-state index in [1.165, 1.54) is 23.9 Å². The number of thioether (sulfide) groups is 1. The molecular formula is C17H10O7S. The molecule has 1 aromatic carbocycles. The van der Waals surface area contributed by atoms with Gasteiger partial charge in [-0.3, -0.25) is 14.4 Å². The lowest BCUT2D eigenvalue weighted by atomic mass is 9.72. The van der Waals surface area contributed by atoms with E-state index in [2.05, 4.69) is 4.74 Å². The Morgan fingerprint density at radius 1 is 0.760 bits per heavy atom. The highest BCUT2D eigenvalue weighted by Gasteiger charge is 2.54. The van der Waals surface area contributed by atoms with Crippen molar-refractivity contribution in [2.45, 2.75) is 23.0 Å². The first-order valence-electron chi connectivity index (χ1n) is 7.85. The lowest BCUT2D eigenvalue weighted by Crippen LogP contribution is -2.41. The lowest BCUT2D eigenvalue weighted by molar-refractivity contribution is -0.153. The minimum Gasteiger partial charge on any atom is -0.393 e. The van der Waals surface area contributed by atoms with Crippen LogP contribution >= 0.6 is 11.8 Å². The minimum absolute atomic E-state index is 0.0975. The first-order valence-corrected chi connectivity index (χ1v) is 8.73. The van der Waals surface area contributed by atoms with Crippen LogP contribution in [0.5, 0.6) is 0 Å². The molecule has 0 aromatic heterocycles. The molecule has 3 heterocycles. The Kier molecular flexibility index (Phi) is 2.84. The minimum atomic E-state index is -0.753. The Morgan fingerprint density at radius 3 is 2.12 bits per heavy atom. The zero-order chi connectivity index (χ0) is 17.5. The molecular weight excluding hydrogens is 348 g/mol. The predicted molar refractivity (Wildman–Crippen MR) is 81.0 cm³/mol. The topological polar surface area (TPSA) is 104 Å². The maximum atomic E-state index is 12.9. The van der Waals surface area contributed by atoms with E-state index in [-0.39, 0.29) is 28.6 Å². The standard InChI is InChI=1S/C17H10O7S/c18-13-9-1-5-7(16(21)23-14(5)19)3-11(9)25-12-4-8-6(2-10(12)13)15(20)24-17(8)22/h1,3,6,8,10,12H,2,4H2. The molecule has 0 amide bonds. The van der Waals surface area contributed by atoms with Crippen LogP contribution in [0.3, 0.4) is 0 Å². The zero-order valence-corrected chi connectivity index (χ0v) is 13.5. The van der Waals surface area contributed by atoms with Gasteiger partial charge in [0.1, 0.15) is 0 Å². The van der Waals surface area contributed by atoms with Gasteiger partial charge >= 0.3 is 23.9 Å². The van der Waals surface area contributed by atoms with Crippen molar-refractivity contribution in [3.63, 3.8) is 0 Å². The molecule has 0 radical (unpaired) electrons. The van der Waals surface area contributed by atoms with E-state index < -0.39 is 41.6 Å². The summed E-state index contributed by atoms with van der Waals surface area (Å²) in [6.45, 7) is 0. The Bertz CT molecular complexity index is 918. The molecule has 1 aromatic rings. The van der Waals surface area contributed by atoms with E-state index in [4.69, 9.17) is 4.74 Å². The van der Waals surface area contributed by atoms with Gasteiger partial charge in [-0.2, -0.15) is 0 Å². The van der Waals surface area contributed by atoms with Crippen LogP contribution in [0.4, 0.5) is 0 Å². The van der Waals surface area contributed by atoms with E-state index in [1.54, 1.807) is 0 Å². The monoisotopic (exact) mass is 358 g/mol. The highest BCUT2D eigenvalue weighted by molar-refractivity contribution is 8.00. The van der Waals surface area contributed by atoms with Crippen molar-refractivity contribution in [3.05, 3.63) is 28.8 Å². The van der Waals surface area contributed by atoms with Crippen LogP contribution in [-0.2, 0) is 19.1 Å². The third kappa shape index (κ3) is 1.91. The van der Waals surface area contributed by atoms with Gasteiger partial charge < -0.3 is 9.47 Å². The average molecular weight is 358 g/mol. The Balaban J connectivity index is 1.57. The Labute approximate surface area is 145 Å². The van der Waals surface area contributed by atoms with Gasteiger partial charge in [-0.15, -0.1) is 11.8 Å². The third-order valence-electron chi connectivity index (χ3n) is 5.36. The molecule has 1 saturated carbocycles. The second-order valence-electron chi connectivity index (χ2n) is 6.62. The molecule has 5 rings (SSSR count). The number of Topliss-reactive ketones (excluding diaryl/α,β-unsaturated/α-hetero) is 1. The van der Waals surface area contributed by atoms with Crippen molar-refractivity contribution in [3.8, 4) is 0 Å². The van der Waals surface area contributed by atoms with Gasteiger partial charge in [0.15, 0.2) is 5.78 Å². The Morgan fingerprint density at radius 2 is 1.40 bits per heavy atom. The summed E-state index contributed by atoms with van der Waals surface area (Å²) in [6.07, 6.45) is 0.655. The molecule has 0 bridgehead atoms. The summed E-state index contributed by atoms with van der Waals surface area (Å²) in [5.41, 5.74) is 0.625. The highest BCUT2D eigenvalue weighted by atomic mass is 32.2. The number of ketones is 1. The number of cyclic esters (lactones) is 4. The zero-order valence-electron chi connectivity index (χ0n) is 12.6. The normalized spacial score (nSPS) is 32.6. The molecule has 0 N–H and O–H groups in total. The number of hydrogen-bond donors (Lipinski definition) is 0. The number of benzene rings is 1. The fourth-order valence-corrected chi connectivity index (χ4v) is 5.61. The van der Waals surface area contributed by atoms with Gasteiger partial charge in [0.05, 0.1) is 23.0 Å². The molecule has 8 heteroatoms. The number of rotatable bonds is 0. The van der Waals surface area contributed by atoms with Crippen LogP contribution < -0.4 is 0 Å². The molecule has 2 fully saturated rings. The first-order chi connectivity index (χ1) is 11.9. The predicted octanol–water partition coefficient (Wildman–Crippen LogP) is 1.38. The molecule has 3 aliphatic heterocycles. The van der Waals surface area contributed by atoms with Gasteiger partial charge in [0.2, 0.25) is 0 Å². The van der Waals surface area contributed by atoms with Crippen LogP contribution in [0, 0.1) is 17.8 Å². The Hall–Kier alpha value is -2.48. The molecule has 4 atom stereocenters. The summed E-state index contributed by atoms with van der Waals surface area (Å²) in [4.78, 5) is 60.6. The molecule has 0 spiro atoms. The summed E-state index contributed by atoms with van der Waals surface area (Å²) in [5.74, 6) is -4.20. The highest BCUT2D eigenvalue weighted by Crippen LogP contribution is 2.51. The number of ether oxygens (including phenoxy) is 2. The first kappa shape index (κ1) is 14.8. The smallest absolute Gasteiger partial charge is 0.346 e. The summed E-state index contributed by atoms with van der Waals surface area (Å²) in [7, 11) is 0. The van der Waals surface area contributed by atoms with E-state index in [9.17, 15) is 24.0 Å². The van der Waals surface area contributed by atoms with Crippen molar-refractivity contribution >= 4 is 41.4 Å². The summed E-state index contributed by atoms with van der Waals surface area (Å²) >= 11 is 1.41. The van der Waals surface area contributed by atoms with Crippen molar-refractivity contribution < 1.29 is 33.4 Å². The maximum Gasteiger partial charge on any atom is 0.346 e. The molecule has 4 unspecified atom stereocenters. The lowest BCUT2D eigenvalue weighted by Gasteiger charge is -2.38. The van der Waals surface area contributed by atoms with Crippen LogP contribution in [0.25, 0.3) is 0 Å². The van der Waals surface area contributed by atoms with Crippen LogP contribution in [-0.4, -0.2) is 34.9 Å². The fraction of sp³-hybridized carbons (Fsp3) is 0.353. The van der Waals surface area contributed by atoms with Gasteiger partial charge in [-0.05, 0) is 25.0 Å². The van der Waals surface area contributed by atoms with Crippen molar-refractivity contribution in [2.24, 2.45) is 17.8 Å². The molecule has 1 saturated heterocycles. The number of carbonyl (C=O) groups excluding carboxylic acids is 5. The summed E-state index contributed by atoms with van der Waals surface area (Å²) in [5, 5.41) is -0.161. The third-order valence-corrected chi connectivity index (χ3v) is 6.78. The number of hydrogen-bond acceptors (Lipinski definition) is 8. The second-order valence-corrected chi connectivity index (χ2v) is 7.90. The van der Waals surface area contributed by atoms with E-state index in [1.807, 2.05) is 0 Å².